The zero-order valence-electron chi connectivity index (χ0n) is 9.02. The first kappa shape index (κ1) is 12.4. The van der Waals surface area contributed by atoms with Crippen LogP contribution in [0, 0.1) is 5.82 Å². The van der Waals surface area contributed by atoms with Gasteiger partial charge in [0.2, 0.25) is 0 Å². The molecule has 0 aliphatic carbocycles. The Morgan fingerprint density at radius 3 is 2.94 bits per heavy atom. The lowest BCUT2D eigenvalue weighted by atomic mass is 10.2. The van der Waals surface area contributed by atoms with Gasteiger partial charge in [0, 0.05) is 0 Å². The number of ether oxygens (including phenoxy) is 1. The van der Waals surface area contributed by atoms with Crippen molar-refractivity contribution < 1.29 is 23.4 Å². The van der Waals surface area contributed by atoms with Crippen LogP contribution >= 0.6 is 11.6 Å². The summed E-state index contributed by atoms with van der Waals surface area (Å²) in [5.41, 5.74) is -0.0163. The van der Waals surface area contributed by atoms with Crippen LogP contribution in [-0.4, -0.2) is 11.1 Å². The van der Waals surface area contributed by atoms with Gasteiger partial charge in [0.25, 0.3) is 0 Å². The molecule has 18 heavy (non-hydrogen) atoms. The third-order valence-corrected chi connectivity index (χ3v) is 2.54. The van der Waals surface area contributed by atoms with Gasteiger partial charge < -0.3 is 14.3 Å². The van der Waals surface area contributed by atoms with Crippen molar-refractivity contribution in [3.63, 3.8) is 0 Å². The Kier molecular flexibility index (Phi) is 3.53. The molecule has 0 aliphatic heterocycles. The van der Waals surface area contributed by atoms with Gasteiger partial charge in [-0.3, -0.25) is 0 Å². The Labute approximate surface area is 107 Å². The van der Waals surface area contributed by atoms with Crippen LogP contribution in [0.4, 0.5) is 4.39 Å². The lowest BCUT2D eigenvalue weighted by Crippen LogP contribution is -2.03. The highest BCUT2D eigenvalue weighted by atomic mass is 35.5. The van der Waals surface area contributed by atoms with E-state index in [9.17, 15) is 9.18 Å². The number of benzene rings is 1. The number of hydrogen-bond acceptors (Lipinski definition) is 3. The molecule has 94 valence electrons. The Morgan fingerprint density at radius 1 is 1.44 bits per heavy atom. The molecule has 0 bridgehead atoms. The minimum atomic E-state index is -1.13. The molecule has 1 aromatic heterocycles. The van der Waals surface area contributed by atoms with Crippen molar-refractivity contribution in [3.8, 4) is 5.75 Å². The zero-order chi connectivity index (χ0) is 13.1. The van der Waals surface area contributed by atoms with Crippen molar-refractivity contribution in [1.82, 2.24) is 0 Å². The Balaban J connectivity index is 2.14. The molecule has 0 atom stereocenters. The molecular formula is C12H8ClFO4. The van der Waals surface area contributed by atoms with Gasteiger partial charge in [-0.15, -0.1) is 0 Å². The molecule has 0 amide bonds. The van der Waals surface area contributed by atoms with Crippen molar-refractivity contribution in [2.75, 3.05) is 0 Å². The molecule has 0 aliphatic rings. The first-order chi connectivity index (χ1) is 8.59. The van der Waals surface area contributed by atoms with Crippen LogP contribution in [0.2, 0.25) is 5.02 Å². The van der Waals surface area contributed by atoms with E-state index >= 15 is 0 Å². The number of aromatic carboxylic acids is 1. The van der Waals surface area contributed by atoms with E-state index < -0.39 is 11.8 Å². The number of halogens is 2. The number of furan rings is 1. The standard InChI is InChI=1S/C12H8ClFO4/c13-8-2-1-3-9(11(8)14)18-6-10-7(12(15)16)4-5-17-10/h1-5H,6H2,(H,15,16). The van der Waals surface area contributed by atoms with Crippen molar-refractivity contribution in [3.05, 3.63) is 52.7 Å². The number of carboxylic acid groups (broad SMARTS) is 1. The molecule has 2 rings (SSSR count). The third-order valence-electron chi connectivity index (χ3n) is 2.25. The maximum atomic E-state index is 13.5. The van der Waals surface area contributed by atoms with Crippen molar-refractivity contribution in [2.24, 2.45) is 0 Å². The number of hydrogen-bond donors (Lipinski definition) is 1. The molecule has 2 aromatic rings. The Hall–Kier alpha value is -2.01. The summed E-state index contributed by atoms with van der Waals surface area (Å²) in [6, 6.07) is 5.61. The van der Waals surface area contributed by atoms with E-state index in [1.165, 1.54) is 30.5 Å². The Morgan fingerprint density at radius 2 is 2.22 bits per heavy atom. The molecule has 0 saturated carbocycles. The van der Waals surface area contributed by atoms with Gasteiger partial charge in [0.05, 0.1) is 11.3 Å². The van der Waals surface area contributed by atoms with Gasteiger partial charge in [0.1, 0.15) is 12.2 Å². The highest BCUT2D eigenvalue weighted by Gasteiger charge is 2.15. The number of carboxylic acids is 1. The fourth-order valence-electron chi connectivity index (χ4n) is 1.38. The van der Waals surface area contributed by atoms with E-state index in [2.05, 4.69) is 0 Å². The van der Waals surface area contributed by atoms with Crippen LogP contribution in [0.1, 0.15) is 16.1 Å². The van der Waals surface area contributed by atoms with E-state index in [0.29, 0.717) is 0 Å². The summed E-state index contributed by atoms with van der Waals surface area (Å²) in [6.07, 6.45) is 1.23. The summed E-state index contributed by atoms with van der Waals surface area (Å²) in [5, 5.41) is 8.78. The number of carbonyl (C=O) groups is 1. The summed E-state index contributed by atoms with van der Waals surface area (Å²) in [5.74, 6) is -1.77. The molecular weight excluding hydrogens is 263 g/mol. The fourth-order valence-corrected chi connectivity index (χ4v) is 1.55. The predicted octanol–water partition coefficient (Wildman–Crippen LogP) is 3.35. The van der Waals surface area contributed by atoms with Gasteiger partial charge >= 0.3 is 5.97 Å². The molecule has 1 heterocycles. The minimum Gasteiger partial charge on any atom is -0.482 e. The van der Waals surface area contributed by atoms with Gasteiger partial charge in [0.15, 0.2) is 17.3 Å². The lowest BCUT2D eigenvalue weighted by Gasteiger charge is -2.06. The van der Waals surface area contributed by atoms with E-state index in [-0.39, 0.29) is 28.7 Å². The van der Waals surface area contributed by atoms with Gasteiger partial charge in [-0.2, -0.15) is 0 Å². The SMILES string of the molecule is O=C(O)c1ccoc1COc1cccc(Cl)c1F. The molecule has 0 fully saturated rings. The maximum Gasteiger partial charge on any atom is 0.339 e. The summed E-state index contributed by atoms with van der Waals surface area (Å²) < 4.78 is 23.6. The summed E-state index contributed by atoms with van der Waals surface area (Å²) in [7, 11) is 0. The average molecular weight is 271 g/mol. The summed E-state index contributed by atoms with van der Waals surface area (Å²) in [6.45, 7) is -0.189. The fraction of sp³-hybridized carbons (Fsp3) is 0.0833. The number of rotatable bonds is 4. The summed E-state index contributed by atoms with van der Waals surface area (Å²) in [4.78, 5) is 10.8. The molecule has 0 radical (unpaired) electrons. The second kappa shape index (κ2) is 5.10. The third kappa shape index (κ3) is 2.46. The smallest absolute Gasteiger partial charge is 0.339 e. The van der Waals surface area contributed by atoms with Crippen molar-refractivity contribution in [2.45, 2.75) is 6.61 Å². The van der Waals surface area contributed by atoms with Gasteiger partial charge in [-0.05, 0) is 18.2 Å². The highest BCUT2D eigenvalue weighted by molar-refractivity contribution is 6.30. The van der Waals surface area contributed by atoms with Crippen molar-refractivity contribution >= 4 is 17.6 Å². The van der Waals surface area contributed by atoms with Crippen LogP contribution in [-0.2, 0) is 6.61 Å². The minimum absolute atomic E-state index is 0.0163. The topological polar surface area (TPSA) is 59.7 Å². The predicted molar refractivity (Wildman–Crippen MR) is 61.4 cm³/mol. The second-order valence-electron chi connectivity index (χ2n) is 3.40. The Bertz CT molecular complexity index is 579. The highest BCUT2D eigenvalue weighted by Crippen LogP contribution is 2.25. The van der Waals surface area contributed by atoms with E-state index in [1.54, 1.807) is 0 Å². The normalized spacial score (nSPS) is 10.3. The molecule has 0 spiro atoms. The molecule has 1 aromatic carbocycles. The molecule has 0 unspecified atom stereocenters. The van der Waals surface area contributed by atoms with E-state index in [0.717, 1.165) is 0 Å². The van der Waals surface area contributed by atoms with Crippen LogP contribution in [0.5, 0.6) is 5.75 Å². The van der Waals surface area contributed by atoms with Gasteiger partial charge in [-0.25, -0.2) is 9.18 Å². The monoisotopic (exact) mass is 270 g/mol. The molecule has 0 saturated heterocycles. The first-order valence-corrected chi connectivity index (χ1v) is 5.34. The first-order valence-electron chi connectivity index (χ1n) is 4.96. The zero-order valence-corrected chi connectivity index (χ0v) is 9.78. The second-order valence-corrected chi connectivity index (χ2v) is 3.81. The average Bonchev–Trinajstić information content (AvgIpc) is 2.79. The largest absolute Gasteiger partial charge is 0.482 e. The van der Waals surface area contributed by atoms with Crippen LogP contribution < -0.4 is 4.74 Å². The van der Waals surface area contributed by atoms with Crippen LogP contribution in [0.3, 0.4) is 0 Å². The molecule has 4 nitrogen and oxygen atoms in total. The van der Waals surface area contributed by atoms with Gasteiger partial charge in [-0.1, -0.05) is 17.7 Å². The maximum absolute atomic E-state index is 13.5. The quantitative estimate of drug-likeness (QED) is 0.925. The van der Waals surface area contributed by atoms with Crippen LogP contribution in [0.25, 0.3) is 0 Å². The summed E-state index contributed by atoms with van der Waals surface area (Å²) >= 11 is 5.58. The molecule has 1 N–H and O–H groups in total. The lowest BCUT2D eigenvalue weighted by molar-refractivity contribution is 0.0691. The van der Waals surface area contributed by atoms with Crippen LogP contribution in [0.15, 0.2) is 34.9 Å². The van der Waals surface area contributed by atoms with E-state index in [1.807, 2.05) is 0 Å². The molecule has 6 heteroatoms. The van der Waals surface area contributed by atoms with E-state index in [4.69, 9.17) is 25.9 Å². The van der Waals surface area contributed by atoms with Crippen molar-refractivity contribution in [1.29, 1.82) is 0 Å².